The topological polar surface area (TPSA) is 88.3 Å². The summed E-state index contributed by atoms with van der Waals surface area (Å²) >= 11 is 0. The van der Waals surface area contributed by atoms with Crippen LogP contribution in [0.15, 0.2) is 41.1 Å². The van der Waals surface area contributed by atoms with Gasteiger partial charge in [0.2, 0.25) is 5.91 Å². The van der Waals surface area contributed by atoms with Gasteiger partial charge in [0, 0.05) is 36.2 Å². The number of aromatic nitrogens is 2. The van der Waals surface area contributed by atoms with Crippen molar-refractivity contribution in [2.75, 3.05) is 6.54 Å². The third-order valence-electron chi connectivity index (χ3n) is 5.54. The monoisotopic (exact) mass is 392 g/mol. The van der Waals surface area contributed by atoms with Crippen molar-refractivity contribution in [3.8, 4) is 0 Å². The lowest BCUT2D eigenvalue weighted by Gasteiger charge is -2.21. The average molecular weight is 392 g/mol. The summed E-state index contributed by atoms with van der Waals surface area (Å²) in [5.74, 6) is 0.629. The van der Waals surface area contributed by atoms with E-state index < -0.39 is 0 Å². The van der Waals surface area contributed by atoms with Crippen LogP contribution in [0.1, 0.15) is 46.8 Å². The van der Waals surface area contributed by atoms with E-state index in [1.165, 1.54) is 0 Å². The zero-order chi connectivity index (χ0) is 20.4. The summed E-state index contributed by atoms with van der Waals surface area (Å²) in [5.41, 5.74) is 2.17. The Labute approximate surface area is 169 Å². The molecule has 0 radical (unpaired) electrons. The van der Waals surface area contributed by atoms with Crippen LogP contribution in [-0.2, 0) is 11.3 Å². The Morgan fingerprint density at radius 3 is 2.79 bits per heavy atom. The molecule has 2 amide bonds. The lowest BCUT2D eigenvalue weighted by molar-refractivity contribution is -0.131. The molecule has 7 heteroatoms. The maximum atomic E-state index is 12.7. The van der Waals surface area contributed by atoms with Crippen molar-refractivity contribution in [1.29, 1.82) is 0 Å². The van der Waals surface area contributed by atoms with Gasteiger partial charge in [0.15, 0.2) is 0 Å². The lowest BCUT2D eigenvalue weighted by Crippen LogP contribution is -2.36. The Hall–Kier alpha value is -3.22. The van der Waals surface area contributed by atoms with Crippen molar-refractivity contribution < 1.29 is 14.1 Å². The molecule has 1 atom stereocenters. The van der Waals surface area contributed by atoms with Crippen molar-refractivity contribution in [1.82, 2.24) is 20.4 Å². The highest BCUT2D eigenvalue weighted by Gasteiger charge is 2.25. The van der Waals surface area contributed by atoms with Gasteiger partial charge in [-0.3, -0.25) is 14.6 Å². The van der Waals surface area contributed by atoms with Crippen LogP contribution >= 0.6 is 0 Å². The third kappa shape index (κ3) is 4.13. The predicted octanol–water partition coefficient (Wildman–Crippen LogP) is 3.15. The maximum Gasteiger partial charge on any atom is 0.270 e. The van der Waals surface area contributed by atoms with E-state index in [9.17, 15) is 9.59 Å². The number of fused-ring (bicyclic) bond motifs is 1. The molecule has 4 rings (SSSR count). The Morgan fingerprint density at radius 2 is 2.03 bits per heavy atom. The molecule has 7 nitrogen and oxygen atoms in total. The molecule has 150 valence electrons. The number of likely N-dealkylation sites (tertiary alicyclic amines) is 1. The molecular weight excluding hydrogens is 368 g/mol. The fraction of sp³-hybridized carbons (Fsp3) is 0.364. The van der Waals surface area contributed by atoms with Gasteiger partial charge >= 0.3 is 0 Å². The van der Waals surface area contributed by atoms with Crippen LogP contribution in [0.4, 0.5) is 0 Å². The van der Waals surface area contributed by atoms with Crippen LogP contribution in [0, 0.1) is 13.8 Å². The minimum absolute atomic E-state index is 0.0608. The number of nitrogens with zero attached hydrogens (tertiary/aromatic N) is 3. The van der Waals surface area contributed by atoms with Gasteiger partial charge in [-0.2, -0.15) is 0 Å². The molecule has 3 heterocycles. The van der Waals surface area contributed by atoms with Crippen LogP contribution in [0.5, 0.6) is 0 Å². The molecule has 1 N–H and O–H groups in total. The first-order valence-corrected chi connectivity index (χ1v) is 9.86. The molecule has 3 aromatic rings. The Morgan fingerprint density at radius 1 is 1.24 bits per heavy atom. The lowest BCUT2D eigenvalue weighted by atomic mass is 10.1. The summed E-state index contributed by atoms with van der Waals surface area (Å²) < 4.78 is 5.20. The highest BCUT2D eigenvalue weighted by Crippen LogP contribution is 2.20. The van der Waals surface area contributed by atoms with Crippen molar-refractivity contribution >= 4 is 22.6 Å². The molecule has 0 saturated carbocycles. The minimum Gasteiger partial charge on any atom is -0.361 e. The van der Waals surface area contributed by atoms with E-state index in [1.54, 1.807) is 12.3 Å². The number of nitrogens with one attached hydrogen (secondary N) is 1. The largest absolute Gasteiger partial charge is 0.361 e. The molecule has 29 heavy (non-hydrogen) atoms. The van der Waals surface area contributed by atoms with Crippen LogP contribution < -0.4 is 5.32 Å². The molecule has 1 aliphatic heterocycles. The standard InChI is InChI=1S/C22H24N4O3/c1-14-19(15(2)29-25-14)13-26-10-9-18(7-8-21(26)27)24-22(28)20-11-16-5-3-4-6-17(16)12-23-20/h3-6,11-12,18H,7-10,13H2,1-2H3,(H,24,28). The third-order valence-corrected chi connectivity index (χ3v) is 5.54. The van der Waals surface area contributed by atoms with Gasteiger partial charge in [0.05, 0.1) is 12.2 Å². The normalized spacial score (nSPS) is 17.4. The van der Waals surface area contributed by atoms with Gasteiger partial charge in [-0.25, -0.2) is 0 Å². The number of hydrogen-bond donors (Lipinski definition) is 1. The van der Waals surface area contributed by atoms with Gasteiger partial charge in [-0.1, -0.05) is 29.4 Å². The molecule has 1 fully saturated rings. The molecule has 0 bridgehead atoms. The summed E-state index contributed by atoms with van der Waals surface area (Å²) in [4.78, 5) is 31.4. The number of carbonyl (C=O) groups excluding carboxylic acids is 2. The molecule has 0 spiro atoms. The maximum absolute atomic E-state index is 12.7. The first kappa shape index (κ1) is 19.1. The van der Waals surface area contributed by atoms with Crippen molar-refractivity contribution in [2.24, 2.45) is 0 Å². The van der Waals surface area contributed by atoms with Gasteiger partial charge < -0.3 is 14.7 Å². The number of carbonyl (C=O) groups is 2. The summed E-state index contributed by atoms with van der Waals surface area (Å²) in [6.07, 6.45) is 3.44. The van der Waals surface area contributed by atoms with Gasteiger partial charge in [-0.15, -0.1) is 0 Å². The zero-order valence-corrected chi connectivity index (χ0v) is 16.6. The van der Waals surface area contributed by atoms with E-state index >= 15 is 0 Å². The van der Waals surface area contributed by atoms with E-state index in [-0.39, 0.29) is 17.9 Å². The van der Waals surface area contributed by atoms with Gasteiger partial charge in [-0.05, 0) is 38.1 Å². The number of hydrogen-bond acceptors (Lipinski definition) is 5. The average Bonchev–Trinajstić information content (AvgIpc) is 2.94. The number of aryl methyl sites for hydroxylation is 2. The predicted molar refractivity (Wildman–Crippen MR) is 108 cm³/mol. The first-order chi connectivity index (χ1) is 14.0. The second-order valence-electron chi connectivity index (χ2n) is 7.53. The van der Waals surface area contributed by atoms with E-state index in [0.717, 1.165) is 27.8 Å². The van der Waals surface area contributed by atoms with Crippen molar-refractivity contribution in [3.05, 3.63) is 59.2 Å². The van der Waals surface area contributed by atoms with Gasteiger partial charge in [0.1, 0.15) is 11.5 Å². The van der Waals surface area contributed by atoms with E-state index in [1.807, 2.05) is 43.0 Å². The molecule has 0 aliphatic carbocycles. The fourth-order valence-electron chi connectivity index (χ4n) is 3.73. The fourth-order valence-corrected chi connectivity index (χ4v) is 3.73. The highest BCUT2D eigenvalue weighted by molar-refractivity contribution is 5.96. The second kappa shape index (κ2) is 8.03. The second-order valence-corrected chi connectivity index (χ2v) is 7.53. The van der Waals surface area contributed by atoms with E-state index in [0.29, 0.717) is 38.0 Å². The first-order valence-electron chi connectivity index (χ1n) is 9.86. The zero-order valence-electron chi connectivity index (χ0n) is 16.6. The van der Waals surface area contributed by atoms with Crippen LogP contribution in [0.25, 0.3) is 10.8 Å². The Balaban J connectivity index is 1.41. The Bertz CT molecular complexity index is 1040. The number of amides is 2. The SMILES string of the molecule is Cc1noc(C)c1CN1CCC(NC(=O)c2cc3ccccc3cn2)CCC1=O. The smallest absolute Gasteiger partial charge is 0.270 e. The van der Waals surface area contributed by atoms with Crippen molar-refractivity contribution in [3.63, 3.8) is 0 Å². The minimum atomic E-state index is -0.202. The summed E-state index contributed by atoms with van der Waals surface area (Å²) in [5, 5.41) is 8.99. The number of pyridine rings is 1. The molecule has 1 saturated heterocycles. The van der Waals surface area contributed by atoms with Crippen LogP contribution in [-0.4, -0.2) is 39.4 Å². The Kier molecular flexibility index (Phi) is 5.29. The summed E-state index contributed by atoms with van der Waals surface area (Å²) in [6.45, 7) is 4.82. The molecule has 1 aromatic carbocycles. The van der Waals surface area contributed by atoms with E-state index in [4.69, 9.17) is 4.52 Å². The molecule has 1 unspecified atom stereocenters. The molecule has 2 aromatic heterocycles. The molecular formula is C22H24N4O3. The van der Waals surface area contributed by atoms with Gasteiger partial charge in [0.25, 0.3) is 5.91 Å². The van der Waals surface area contributed by atoms with Crippen LogP contribution in [0.3, 0.4) is 0 Å². The molecule has 1 aliphatic rings. The summed E-state index contributed by atoms with van der Waals surface area (Å²) in [6, 6.07) is 9.55. The summed E-state index contributed by atoms with van der Waals surface area (Å²) in [7, 11) is 0. The van der Waals surface area contributed by atoms with Crippen LogP contribution in [0.2, 0.25) is 0 Å². The van der Waals surface area contributed by atoms with E-state index in [2.05, 4.69) is 15.5 Å². The highest BCUT2D eigenvalue weighted by atomic mass is 16.5. The van der Waals surface area contributed by atoms with Crippen molar-refractivity contribution in [2.45, 2.75) is 45.7 Å². The quantitative estimate of drug-likeness (QED) is 0.737. The number of benzene rings is 1. The number of rotatable bonds is 4.